The summed E-state index contributed by atoms with van der Waals surface area (Å²) in [4.78, 5) is 15.1. The number of nitrogens with one attached hydrogen (secondary N) is 1. The maximum absolute atomic E-state index is 13.0. The minimum Gasteiger partial charge on any atom is -0.342 e. The highest BCUT2D eigenvalue weighted by molar-refractivity contribution is 5.85. The van der Waals surface area contributed by atoms with Gasteiger partial charge in [-0.3, -0.25) is 4.79 Å². The predicted octanol–water partition coefficient (Wildman–Crippen LogP) is 2.99. The van der Waals surface area contributed by atoms with Gasteiger partial charge in [-0.15, -0.1) is 12.4 Å². The van der Waals surface area contributed by atoms with Gasteiger partial charge < -0.3 is 10.2 Å². The highest BCUT2D eigenvalue weighted by atomic mass is 35.5. The summed E-state index contributed by atoms with van der Waals surface area (Å²) in [6, 6.07) is 8.51. The number of piperidine rings is 1. The maximum Gasteiger partial charge on any atom is 0.230 e. The first kappa shape index (κ1) is 17.3. The summed E-state index contributed by atoms with van der Waals surface area (Å²) in [5.74, 6) is 1.08. The summed E-state index contributed by atoms with van der Waals surface area (Å²) in [7, 11) is 2.00. The third kappa shape index (κ3) is 3.64. The third-order valence-electron chi connectivity index (χ3n) is 4.99. The van der Waals surface area contributed by atoms with E-state index in [1.807, 2.05) is 7.05 Å². The van der Waals surface area contributed by atoms with Crippen LogP contribution in [-0.4, -0.2) is 37.5 Å². The van der Waals surface area contributed by atoms with Crippen molar-refractivity contribution in [2.75, 3.05) is 26.7 Å². The minimum atomic E-state index is 0. The Bertz CT molecular complexity index is 504. The van der Waals surface area contributed by atoms with Crippen molar-refractivity contribution in [1.29, 1.82) is 0 Å². The number of rotatable bonds is 3. The zero-order valence-electron chi connectivity index (χ0n) is 13.4. The number of hydrogen-bond acceptors (Lipinski definition) is 2. The van der Waals surface area contributed by atoms with Crippen LogP contribution in [0.25, 0.3) is 0 Å². The van der Waals surface area contributed by atoms with Gasteiger partial charge in [-0.25, -0.2) is 0 Å². The van der Waals surface area contributed by atoms with E-state index in [4.69, 9.17) is 0 Å². The molecular formula is C18H27ClN2O. The lowest BCUT2D eigenvalue weighted by molar-refractivity contribution is -0.135. The second-order valence-corrected chi connectivity index (χ2v) is 6.49. The second-order valence-electron chi connectivity index (χ2n) is 6.49. The number of aryl methyl sites for hydroxylation is 1. The van der Waals surface area contributed by atoms with Crippen molar-refractivity contribution < 1.29 is 4.79 Å². The third-order valence-corrected chi connectivity index (χ3v) is 4.99. The number of fused-ring (bicyclic) bond motifs is 1. The van der Waals surface area contributed by atoms with E-state index in [0.717, 1.165) is 45.3 Å². The first-order chi connectivity index (χ1) is 10.3. The Hall–Kier alpha value is -1.06. The number of halogens is 1. The Morgan fingerprint density at radius 3 is 2.91 bits per heavy atom. The molecule has 0 spiro atoms. The van der Waals surface area contributed by atoms with Gasteiger partial charge in [0.15, 0.2) is 0 Å². The van der Waals surface area contributed by atoms with Crippen molar-refractivity contribution in [3.05, 3.63) is 35.4 Å². The molecule has 1 saturated heterocycles. The monoisotopic (exact) mass is 322 g/mol. The van der Waals surface area contributed by atoms with Crippen LogP contribution in [0.3, 0.4) is 0 Å². The molecule has 1 amide bonds. The Morgan fingerprint density at radius 1 is 1.27 bits per heavy atom. The van der Waals surface area contributed by atoms with E-state index >= 15 is 0 Å². The zero-order valence-corrected chi connectivity index (χ0v) is 14.2. The summed E-state index contributed by atoms with van der Waals surface area (Å²) in [5.41, 5.74) is 2.66. The molecule has 4 heteroatoms. The Labute approximate surface area is 139 Å². The van der Waals surface area contributed by atoms with E-state index in [1.165, 1.54) is 17.5 Å². The van der Waals surface area contributed by atoms with Crippen molar-refractivity contribution >= 4 is 18.3 Å². The van der Waals surface area contributed by atoms with Gasteiger partial charge >= 0.3 is 0 Å². The number of likely N-dealkylation sites (tertiary alicyclic amines) is 1. The lowest BCUT2D eigenvalue weighted by atomic mass is 9.81. The molecule has 2 atom stereocenters. The quantitative estimate of drug-likeness (QED) is 0.928. The molecular weight excluding hydrogens is 296 g/mol. The SMILES string of the molecule is CNCC1CCCN(C(=O)C2CCCc3ccccc32)C1.Cl. The zero-order chi connectivity index (χ0) is 14.7. The van der Waals surface area contributed by atoms with Crippen LogP contribution >= 0.6 is 12.4 Å². The smallest absolute Gasteiger partial charge is 0.230 e. The van der Waals surface area contributed by atoms with Crippen LogP contribution in [0.5, 0.6) is 0 Å². The first-order valence-corrected chi connectivity index (χ1v) is 8.30. The van der Waals surface area contributed by atoms with Crippen LogP contribution in [-0.2, 0) is 11.2 Å². The van der Waals surface area contributed by atoms with Crippen LogP contribution < -0.4 is 5.32 Å². The topological polar surface area (TPSA) is 32.3 Å². The highest BCUT2D eigenvalue weighted by Crippen LogP contribution is 2.33. The summed E-state index contributed by atoms with van der Waals surface area (Å²) >= 11 is 0. The average Bonchev–Trinajstić information content (AvgIpc) is 2.54. The molecule has 3 rings (SSSR count). The number of amides is 1. The Morgan fingerprint density at radius 2 is 2.09 bits per heavy atom. The Kier molecular flexibility index (Phi) is 6.27. The number of hydrogen-bond donors (Lipinski definition) is 1. The van der Waals surface area contributed by atoms with Gasteiger partial charge in [0.2, 0.25) is 5.91 Å². The normalized spacial score (nSPS) is 24.3. The summed E-state index contributed by atoms with van der Waals surface area (Å²) in [5, 5.41) is 3.25. The molecule has 1 aliphatic heterocycles. The molecule has 0 aromatic heterocycles. The molecule has 2 unspecified atom stereocenters. The van der Waals surface area contributed by atoms with Crippen molar-refractivity contribution in [2.24, 2.45) is 5.92 Å². The fourth-order valence-corrected chi connectivity index (χ4v) is 3.95. The molecule has 0 bridgehead atoms. The fraction of sp³-hybridized carbons (Fsp3) is 0.611. The van der Waals surface area contributed by atoms with Crippen LogP contribution in [0, 0.1) is 5.92 Å². The molecule has 1 aliphatic carbocycles. The number of carbonyl (C=O) groups is 1. The molecule has 1 heterocycles. The number of nitrogens with zero attached hydrogens (tertiary/aromatic N) is 1. The molecule has 1 aromatic rings. The van der Waals surface area contributed by atoms with Gasteiger partial charge in [0.25, 0.3) is 0 Å². The molecule has 1 aromatic carbocycles. The van der Waals surface area contributed by atoms with Crippen LogP contribution in [0.15, 0.2) is 24.3 Å². The fourth-order valence-electron chi connectivity index (χ4n) is 3.95. The summed E-state index contributed by atoms with van der Waals surface area (Å²) < 4.78 is 0. The molecule has 122 valence electrons. The largest absolute Gasteiger partial charge is 0.342 e. The second kappa shape index (κ2) is 7.98. The van der Waals surface area contributed by atoms with Crippen LogP contribution in [0.2, 0.25) is 0 Å². The van der Waals surface area contributed by atoms with Gasteiger partial charge in [0.05, 0.1) is 5.92 Å². The average molecular weight is 323 g/mol. The van der Waals surface area contributed by atoms with E-state index in [0.29, 0.717) is 11.8 Å². The molecule has 0 saturated carbocycles. The maximum atomic E-state index is 13.0. The molecule has 1 N–H and O–H groups in total. The highest BCUT2D eigenvalue weighted by Gasteiger charge is 2.32. The van der Waals surface area contributed by atoms with E-state index < -0.39 is 0 Å². The van der Waals surface area contributed by atoms with Crippen LogP contribution in [0.4, 0.5) is 0 Å². The number of carbonyl (C=O) groups excluding carboxylic acids is 1. The lowest BCUT2D eigenvalue weighted by Gasteiger charge is -2.36. The van der Waals surface area contributed by atoms with Crippen molar-refractivity contribution in [1.82, 2.24) is 10.2 Å². The van der Waals surface area contributed by atoms with Crippen molar-refractivity contribution in [2.45, 2.75) is 38.0 Å². The molecule has 0 radical (unpaired) electrons. The van der Waals surface area contributed by atoms with Gasteiger partial charge in [-0.1, -0.05) is 24.3 Å². The van der Waals surface area contributed by atoms with E-state index in [1.54, 1.807) is 0 Å². The van der Waals surface area contributed by atoms with Gasteiger partial charge in [0, 0.05) is 13.1 Å². The van der Waals surface area contributed by atoms with Gasteiger partial charge in [-0.2, -0.15) is 0 Å². The van der Waals surface area contributed by atoms with Crippen molar-refractivity contribution in [3.8, 4) is 0 Å². The molecule has 1 fully saturated rings. The standard InChI is InChI=1S/C18H26N2O.ClH/c1-19-12-14-6-5-11-20(13-14)18(21)17-10-4-8-15-7-2-3-9-16(15)17;/h2-3,7,9,14,17,19H,4-6,8,10-13H2,1H3;1H. The van der Waals surface area contributed by atoms with Gasteiger partial charge in [0.1, 0.15) is 0 Å². The van der Waals surface area contributed by atoms with Crippen molar-refractivity contribution in [3.63, 3.8) is 0 Å². The summed E-state index contributed by atoms with van der Waals surface area (Å²) in [6.45, 7) is 2.89. The molecule has 3 nitrogen and oxygen atoms in total. The molecule has 2 aliphatic rings. The van der Waals surface area contributed by atoms with E-state index in [9.17, 15) is 4.79 Å². The van der Waals surface area contributed by atoms with E-state index in [-0.39, 0.29) is 18.3 Å². The Balaban J connectivity index is 0.00000176. The number of benzene rings is 1. The first-order valence-electron chi connectivity index (χ1n) is 8.30. The molecule has 22 heavy (non-hydrogen) atoms. The van der Waals surface area contributed by atoms with Crippen LogP contribution in [0.1, 0.15) is 42.7 Å². The predicted molar refractivity (Wildman–Crippen MR) is 92.6 cm³/mol. The minimum absolute atomic E-state index is 0. The van der Waals surface area contributed by atoms with E-state index in [2.05, 4.69) is 34.5 Å². The lowest BCUT2D eigenvalue weighted by Crippen LogP contribution is -2.44. The summed E-state index contributed by atoms with van der Waals surface area (Å²) in [6.07, 6.45) is 5.67. The van der Waals surface area contributed by atoms with Gasteiger partial charge in [-0.05, 0) is 62.7 Å².